The number of methoxy groups -OCH3 is 2. The molecule has 8 nitrogen and oxygen atoms in total. The molecule has 1 amide bonds. The molecule has 3 heterocycles. The third kappa shape index (κ3) is 5.56. The summed E-state index contributed by atoms with van der Waals surface area (Å²) in [5, 5.41) is 11.3. The Labute approximate surface area is 227 Å². The lowest BCUT2D eigenvalue weighted by Crippen LogP contribution is -2.56. The van der Waals surface area contributed by atoms with Crippen molar-refractivity contribution in [3.63, 3.8) is 0 Å². The molecule has 1 aromatic heterocycles. The van der Waals surface area contributed by atoms with Gasteiger partial charge >= 0.3 is 0 Å². The quantitative estimate of drug-likeness (QED) is 0.454. The average Bonchev–Trinajstić information content (AvgIpc) is 3.38. The van der Waals surface area contributed by atoms with E-state index in [2.05, 4.69) is 29.6 Å². The van der Waals surface area contributed by atoms with Gasteiger partial charge in [-0.15, -0.1) is 0 Å². The standard InChI is InChI=1S/C29H35F2N5O3/c1-17-16-35(18(2)15-32-17)28(37)11-19-5-7-20(8-6-19)23-14-27-33-22(13-24(29(30)31)36(27)34-23)21-9-10-25(38-3)26(12-21)39-4/h5-10,12,14,17-18,22,24,29,32-33H,11,13,15-16H2,1-4H3/t17-,18+,22?,24?/m0/s1. The van der Waals surface area contributed by atoms with Crippen molar-refractivity contribution >= 4 is 11.7 Å². The van der Waals surface area contributed by atoms with E-state index in [-0.39, 0.29) is 30.5 Å². The second-order valence-electron chi connectivity index (χ2n) is 10.4. The van der Waals surface area contributed by atoms with Crippen molar-refractivity contribution in [1.29, 1.82) is 0 Å². The molecule has 5 rings (SSSR count). The molecule has 1 fully saturated rings. The van der Waals surface area contributed by atoms with Gasteiger partial charge in [-0.25, -0.2) is 13.5 Å². The zero-order valence-electron chi connectivity index (χ0n) is 22.7. The van der Waals surface area contributed by atoms with Gasteiger partial charge in [0.2, 0.25) is 5.91 Å². The second kappa shape index (κ2) is 11.2. The minimum atomic E-state index is -2.58. The van der Waals surface area contributed by atoms with E-state index in [0.717, 1.165) is 23.2 Å². The number of anilines is 1. The molecule has 39 heavy (non-hydrogen) atoms. The predicted octanol–water partition coefficient (Wildman–Crippen LogP) is 4.68. The monoisotopic (exact) mass is 539 g/mol. The van der Waals surface area contributed by atoms with Gasteiger partial charge in [-0.1, -0.05) is 30.3 Å². The Morgan fingerprint density at radius 2 is 1.82 bits per heavy atom. The number of carbonyl (C=O) groups excluding carboxylic acids is 1. The third-order valence-corrected chi connectivity index (χ3v) is 7.64. The van der Waals surface area contributed by atoms with E-state index in [1.807, 2.05) is 41.3 Å². The van der Waals surface area contributed by atoms with Crippen molar-refractivity contribution in [3.05, 3.63) is 59.7 Å². The van der Waals surface area contributed by atoms with Crippen molar-refractivity contribution in [2.75, 3.05) is 32.6 Å². The van der Waals surface area contributed by atoms with Crippen LogP contribution in [0.3, 0.4) is 0 Å². The summed E-state index contributed by atoms with van der Waals surface area (Å²) in [6.45, 7) is 5.62. The molecule has 2 unspecified atom stereocenters. The number of carbonyl (C=O) groups is 1. The molecule has 2 N–H and O–H groups in total. The SMILES string of the molecule is COc1ccc(C2CC(C(F)F)n3nc(-c4ccc(CC(=O)N5C[C@H](C)NC[C@H]5C)cc4)cc3N2)cc1OC. The number of halogens is 2. The molecule has 3 aromatic rings. The molecule has 0 saturated carbocycles. The van der Waals surface area contributed by atoms with Gasteiger partial charge in [-0.2, -0.15) is 5.10 Å². The van der Waals surface area contributed by atoms with Crippen LogP contribution in [0, 0.1) is 0 Å². The maximum Gasteiger partial charge on any atom is 0.260 e. The number of nitrogens with one attached hydrogen (secondary N) is 2. The highest BCUT2D eigenvalue weighted by molar-refractivity contribution is 5.79. The number of alkyl halides is 2. The van der Waals surface area contributed by atoms with Crippen LogP contribution in [0.1, 0.15) is 43.5 Å². The van der Waals surface area contributed by atoms with Crippen LogP contribution in [0.5, 0.6) is 11.5 Å². The fraction of sp³-hybridized carbons (Fsp3) is 0.448. The Morgan fingerprint density at radius 1 is 1.08 bits per heavy atom. The first-order valence-corrected chi connectivity index (χ1v) is 13.3. The van der Waals surface area contributed by atoms with E-state index in [4.69, 9.17) is 9.47 Å². The molecule has 2 aromatic carbocycles. The van der Waals surface area contributed by atoms with Gasteiger partial charge < -0.3 is 25.0 Å². The van der Waals surface area contributed by atoms with Gasteiger partial charge in [-0.3, -0.25) is 4.79 Å². The highest BCUT2D eigenvalue weighted by Crippen LogP contribution is 2.41. The van der Waals surface area contributed by atoms with Crippen LogP contribution >= 0.6 is 0 Å². The summed E-state index contributed by atoms with van der Waals surface area (Å²) in [7, 11) is 3.10. The topological polar surface area (TPSA) is 80.7 Å². The van der Waals surface area contributed by atoms with Crippen molar-refractivity contribution in [2.24, 2.45) is 0 Å². The van der Waals surface area contributed by atoms with Crippen molar-refractivity contribution in [2.45, 2.75) is 57.3 Å². The van der Waals surface area contributed by atoms with Crippen molar-refractivity contribution < 1.29 is 23.0 Å². The zero-order chi connectivity index (χ0) is 27.7. The van der Waals surface area contributed by atoms with Crippen LogP contribution in [-0.4, -0.2) is 66.4 Å². The molecular weight excluding hydrogens is 504 g/mol. The molecule has 0 spiro atoms. The Kier molecular flexibility index (Phi) is 7.74. The molecule has 0 aliphatic carbocycles. The van der Waals surface area contributed by atoms with Gasteiger partial charge in [0.25, 0.3) is 6.43 Å². The van der Waals surface area contributed by atoms with Gasteiger partial charge in [0, 0.05) is 36.8 Å². The number of rotatable bonds is 7. The van der Waals surface area contributed by atoms with Gasteiger partial charge in [0.05, 0.1) is 32.4 Å². The normalized spacial score (nSPS) is 22.8. The van der Waals surface area contributed by atoms with E-state index >= 15 is 0 Å². The Hall–Kier alpha value is -3.66. The summed E-state index contributed by atoms with van der Waals surface area (Å²) in [5.41, 5.74) is 3.13. The van der Waals surface area contributed by atoms with Crippen molar-refractivity contribution in [1.82, 2.24) is 20.0 Å². The molecular formula is C29H35F2N5O3. The Bertz CT molecular complexity index is 1310. The lowest BCUT2D eigenvalue weighted by molar-refractivity contribution is -0.133. The van der Waals surface area contributed by atoms with E-state index in [1.54, 1.807) is 26.4 Å². The number of nitrogens with zero attached hydrogens (tertiary/aromatic N) is 3. The molecule has 2 aliphatic rings. The number of hydrogen-bond donors (Lipinski definition) is 2. The Morgan fingerprint density at radius 3 is 2.51 bits per heavy atom. The van der Waals surface area contributed by atoms with Gasteiger partial charge in [0.1, 0.15) is 11.9 Å². The maximum absolute atomic E-state index is 14.2. The van der Waals surface area contributed by atoms with Crippen LogP contribution in [0.4, 0.5) is 14.6 Å². The Balaban J connectivity index is 1.34. The predicted molar refractivity (Wildman–Crippen MR) is 146 cm³/mol. The minimum absolute atomic E-state index is 0.103. The molecule has 2 aliphatic heterocycles. The smallest absolute Gasteiger partial charge is 0.260 e. The highest BCUT2D eigenvalue weighted by Gasteiger charge is 2.35. The first-order chi connectivity index (χ1) is 18.8. The summed E-state index contributed by atoms with van der Waals surface area (Å²) in [6, 6.07) is 13.9. The van der Waals surface area contributed by atoms with Crippen LogP contribution < -0.4 is 20.1 Å². The zero-order valence-corrected chi connectivity index (χ0v) is 22.7. The summed E-state index contributed by atoms with van der Waals surface area (Å²) < 4.78 is 40.5. The van der Waals surface area contributed by atoms with Gasteiger partial charge in [-0.05, 0) is 43.5 Å². The number of fused-ring (bicyclic) bond motifs is 1. The number of ether oxygens (including phenoxy) is 2. The minimum Gasteiger partial charge on any atom is -0.493 e. The first-order valence-electron chi connectivity index (χ1n) is 13.3. The van der Waals surface area contributed by atoms with E-state index in [1.165, 1.54) is 4.68 Å². The summed E-state index contributed by atoms with van der Waals surface area (Å²) in [6.07, 6.45) is -2.09. The van der Waals surface area contributed by atoms with E-state index < -0.39 is 12.5 Å². The fourth-order valence-electron chi connectivity index (χ4n) is 5.41. The number of benzene rings is 2. The summed E-state index contributed by atoms with van der Waals surface area (Å²) >= 11 is 0. The first kappa shape index (κ1) is 26.9. The molecule has 10 heteroatoms. The lowest BCUT2D eigenvalue weighted by atomic mass is 9.97. The van der Waals surface area contributed by atoms with Crippen molar-refractivity contribution in [3.8, 4) is 22.8 Å². The number of hydrogen-bond acceptors (Lipinski definition) is 6. The van der Waals surface area contributed by atoms with E-state index in [0.29, 0.717) is 36.0 Å². The summed E-state index contributed by atoms with van der Waals surface area (Å²) in [4.78, 5) is 14.9. The molecule has 0 radical (unpaired) electrons. The third-order valence-electron chi connectivity index (χ3n) is 7.64. The fourth-order valence-corrected chi connectivity index (χ4v) is 5.41. The van der Waals surface area contributed by atoms with Crippen LogP contribution in [0.25, 0.3) is 11.3 Å². The average molecular weight is 540 g/mol. The number of amides is 1. The number of aromatic nitrogens is 2. The lowest BCUT2D eigenvalue weighted by Gasteiger charge is -2.37. The second-order valence-corrected chi connectivity index (χ2v) is 10.4. The van der Waals surface area contributed by atoms with Gasteiger partial charge in [0.15, 0.2) is 11.5 Å². The summed E-state index contributed by atoms with van der Waals surface area (Å²) in [5.74, 6) is 1.76. The largest absolute Gasteiger partial charge is 0.493 e. The molecule has 0 bridgehead atoms. The van der Waals surface area contributed by atoms with Crippen LogP contribution in [-0.2, 0) is 11.2 Å². The molecule has 208 valence electrons. The van der Waals surface area contributed by atoms with E-state index in [9.17, 15) is 13.6 Å². The maximum atomic E-state index is 14.2. The molecule has 1 saturated heterocycles. The number of piperazine rings is 1. The van der Waals surface area contributed by atoms with Crippen LogP contribution in [0.2, 0.25) is 0 Å². The molecule has 4 atom stereocenters. The van der Waals surface area contributed by atoms with Crippen LogP contribution in [0.15, 0.2) is 48.5 Å². The highest BCUT2D eigenvalue weighted by atomic mass is 19.3.